The zero-order valence-electron chi connectivity index (χ0n) is 12.8. The molecular formula is C12H16F3N7S. The highest BCUT2D eigenvalue weighted by atomic mass is 32.1. The lowest BCUT2D eigenvalue weighted by molar-refractivity contribution is -0.140. The van der Waals surface area contributed by atoms with Gasteiger partial charge in [-0.1, -0.05) is 0 Å². The SMILES string of the molecule is CN=C(NCc1nc(C(F)(F)F)cs1)N(C)Cc1ncnn1C. The number of aliphatic imine (C=N–C) groups is 1. The zero-order valence-corrected chi connectivity index (χ0v) is 13.6. The molecule has 0 radical (unpaired) electrons. The van der Waals surface area contributed by atoms with E-state index in [-0.39, 0.29) is 6.54 Å². The van der Waals surface area contributed by atoms with Crippen LogP contribution in [0.3, 0.4) is 0 Å². The van der Waals surface area contributed by atoms with Crippen LogP contribution < -0.4 is 5.32 Å². The van der Waals surface area contributed by atoms with Crippen LogP contribution in [0.4, 0.5) is 13.2 Å². The van der Waals surface area contributed by atoms with Gasteiger partial charge in [-0.25, -0.2) is 9.97 Å². The molecule has 0 bridgehead atoms. The van der Waals surface area contributed by atoms with Gasteiger partial charge in [0.2, 0.25) is 0 Å². The lowest BCUT2D eigenvalue weighted by Crippen LogP contribution is -2.38. The Morgan fingerprint density at radius 1 is 1.48 bits per heavy atom. The number of aryl methyl sites for hydroxylation is 1. The van der Waals surface area contributed by atoms with E-state index in [4.69, 9.17) is 0 Å². The van der Waals surface area contributed by atoms with E-state index in [1.165, 1.54) is 6.33 Å². The minimum absolute atomic E-state index is 0.163. The van der Waals surface area contributed by atoms with Crippen molar-refractivity contribution < 1.29 is 13.2 Å². The van der Waals surface area contributed by atoms with Crippen LogP contribution in [0.2, 0.25) is 0 Å². The fourth-order valence-electron chi connectivity index (χ4n) is 1.81. The summed E-state index contributed by atoms with van der Waals surface area (Å²) in [6, 6.07) is 0. The molecule has 0 unspecified atom stereocenters. The highest BCUT2D eigenvalue weighted by molar-refractivity contribution is 7.09. The maximum absolute atomic E-state index is 12.5. The summed E-state index contributed by atoms with van der Waals surface area (Å²) in [6.45, 7) is 0.623. The largest absolute Gasteiger partial charge is 0.434 e. The molecule has 126 valence electrons. The Balaban J connectivity index is 1.95. The van der Waals surface area contributed by atoms with Crippen LogP contribution in [0.15, 0.2) is 16.7 Å². The average molecular weight is 347 g/mol. The van der Waals surface area contributed by atoms with E-state index in [1.54, 1.807) is 30.7 Å². The summed E-state index contributed by atoms with van der Waals surface area (Å²) in [5.74, 6) is 1.26. The van der Waals surface area contributed by atoms with Crippen LogP contribution in [-0.4, -0.2) is 44.7 Å². The first-order valence-electron chi connectivity index (χ1n) is 6.57. The molecule has 11 heteroatoms. The summed E-state index contributed by atoms with van der Waals surface area (Å²) in [4.78, 5) is 13.6. The molecule has 0 saturated carbocycles. The van der Waals surface area contributed by atoms with Crippen molar-refractivity contribution in [1.29, 1.82) is 0 Å². The van der Waals surface area contributed by atoms with Gasteiger partial charge in [-0.05, 0) is 0 Å². The van der Waals surface area contributed by atoms with Crippen molar-refractivity contribution in [3.05, 3.63) is 28.2 Å². The van der Waals surface area contributed by atoms with E-state index in [0.717, 1.165) is 22.5 Å². The first-order valence-corrected chi connectivity index (χ1v) is 7.45. The van der Waals surface area contributed by atoms with Gasteiger partial charge < -0.3 is 10.2 Å². The maximum Gasteiger partial charge on any atom is 0.434 e. The second-order valence-electron chi connectivity index (χ2n) is 4.68. The molecule has 0 saturated heterocycles. The highest BCUT2D eigenvalue weighted by Gasteiger charge is 2.33. The molecule has 2 heterocycles. The maximum atomic E-state index is 12.5. The Kier molecular flexibility index (Phi) is 5.19. The van der Waals surface area contributed by atoms with E-state index < -0.39 is 11.9 Å². The first-order chi connectivity index (χ1) is 10.8. The van der Waals surface area contributed by atoms with Gasteiger partial charge in [-0.3, -0.25) is 9.67 Å². The Labute approximate surface area is 134 Å². The molecule has 0 aliphatic heterocycles. The predicted molar refractivity (Wildman–Crippen MR) is 79.8 cm³/mol. The summed E-state index contributed by atoms with van der Waals surface area (Å²) in [6.07, 6.45) is -2.97. The molecule has 0 aliphatic rings. The average Bonchev–Trinajstić information content (AvgIpc) is 3.09. The van der Waals surface area contributed by atoms with Crippen molar-refractivity contribution in [2.75, 3.05) is 14.1 Å². The summed E-state index contributed by atoms with van der Waals surface area (Å²) in [7, 11) is 5.17. The van der Waals surface area contributed by atoms with Crippen LogP contribution >= 0.6 is 11.3 Å². The van der Waals surface area contributed by atoms with Gasteiger partial charge >= 0.3 is 6.18 Å². The minimum atomic E-state index is -4.42. The Hall–Kier alpha value is -2.17. The van der Waals surface area contributed by atoms with Crippen molar-refractivity contribution in [2.24, 2.45) is 12.0 Å². The quantitative estimate of drug-likeness (QED) is 0.670. The Morgan fingerprint density at radius 3 is 2.74 bits per heavy atom. The number of guanidine groups is 1. The summed E-state index contributed by atoms with van der Waals surface area (Å²) < 4.78 is 39.2. The predicted octanol–water partition coefficient (Wildman–Crippen LogP) is 1.50. The number of alkyl halides is 3. The Bertz CT molecular complexity index is 676. The molecule has 1 N–H and O–H groups in total. The van der Waals surface area contributed by atoms with Crippen molar-refractivity contribution in [1.82, 2.24) is 30.0 Å². The summed E-state index contributed by atoms with van der Waals surface area (Å²) in [5, 5.41) is 8.30. The molecule has 0 atom stereocenters. The molecule has 23 heavy (non-hydrogen) atoms. The van der Waals surface area contributed by atoms with Gasteiger partial charge in [0.15, 0.2) is 11.7 Å². The number of rotatable bonds is 4. The monoisotopic (exact) mass is 347 g/mol. The molecule has 0 aliphatic carbocycles. The van der Waals surface area contributed by atoms with Gasteiger partial charge in [-0.2, -0.15) is 18.3 Å². The van der Waals surface area contributed by atoms with Crippen LogP contribution in [0.5, 0.6) is 0 Å². The molecule has 2 aromatic rings. The molecule has 0 amide bonds. The second kappa shape index (κ2) is 6.94. The third-order valence-corrected chi connectivity index (χ3v) is 3.85. The number of nitrogens with one attached hydrogen (secondary N) is 1. The van der Waals surface area contributed by atoms with Crippen LogP contribution in [0, 0.1) is 0 Å². The number of hydrogen-bond acceptors (Lipinski definition) is 5. The number of thiazole rings is 1. The Morgan fingerprint density at radius 2 is 2.22 bits per heavy atom. The third kappa shape index (κ3) is 4.41. The fraction of sp³-hybridized carbons (Fsp3) is 0.500. The molecule has 0 fully saturated rings. The second-order valence-corrected chi connectivity index (χ2v) is 5.62. The van der Waals surface area contributed by atoms with E-state index in [0.29, 0.717) is 17.5 Å². The van der Waals surface area contributed by atoms with Gasteiger partial charge in [0.1, 0.15) is 17.2 Å². The van der Waals surface area contributed by atoms with Crippen LogP contribution in [0.1, 0.15) is 16.5 Å². The lowest BCUT2D eigenvalue weighted by atomic mass is 10.5. The molecule has 2 aromatic heterocycles. The van der Waals surface area contributed by atoms with Crippen molar-refractivity contribution in [3.8, 4) is 0 Å². The van der Waals surface area contributed by atoms with Crippen molar-refractivity contribution >= 4 is 17.3 Å². The lowest BCUT2D eigenvalue weighted by Gasteiger charge is -2.21. The minimum Gasteiger partial charge on any atom is -0.350 e. The topological polar surface area (TPSA) is 71.2 Å². The van der Waals surface area contributed by atoms with E-state index in [1.807, 2.05) is 0 Å². The molecule has 2 rings (SSSR count). The summed E-state index contributed by atoms with van der Waals surface area (Å²) in [5.41, 5.74) is -0.873. The molecule has 7 nitrogen and oxygen atoms in total. The number of halogens is 3. The summed E-state index contributed by atoms with van der Waals surface area (Å²) >= 11 is 0.955. The zero-order chi connectivity index (χ0) is 17.0. The number of hydrogen-bond donors (Lipinski definition) is 1. The first kappa shape index (κ1) is 17.2. The molecule has 0 aromatic carbocycles. The normalized spacial score (nSPS) is 12.5. The fourth-order valence-corrected chi connectivity index (χ4v) is 2.55. The number of nitrogens with zero attached hydrogens (tertiary/aromatic N) is 6. The van der Waals surface area contributed by atoms with E-state index >= 15 is 0 Å². The smallest absolute Gasteiger partial charge is 0.350 e. The highest BCUT2D eigenvalue weighted by Crippen LogP contribution is 2.29. The third-order valence-electron chi connectivity index (χ3n) is 3.00. The van der Waals surface area contributed by atoms with Crippen LogP contribution in [0.25, 0.3) is 0 Å². The van der Waals surface area contributed by atoms with Gasteiger partial charge in [0, 0.05) is 26.5 Å². The van der Waals surface area contributed by atoms with Crippen molar-refractivity contribution in [2.45, 2.75) is 19.3 Å². The van der Waals surface area contributed by atoms with E-state index in [2.05, 4.69) is 25.4 Å². The van der Waals surface area contributed by atoms with Gasteiger partial charge in [-0.15, -0.1) is 11.3 Å². The molecule has 0 spiro atoms. The standard InChI is InChI=1S/C12H16F3N7S/c1-16-11(21(2)5-9-18-7-19-22(9)3)17-4-10-20-8(6-23-10)12(13,14)15/h6-7H,4-5H2,1-3H3,(H,16,17). The number of aromatic nitrogens is 4. The van der Waals surface area contributed by atoms with Crippen molar-refractivity contribution in [3.63, 3.8) is 0 Å². The van der Waals surface area contributed by atoms with Gasteiger partial charge in [0.25, 0.3) is 0 Å². The molecular weight excluding hydrogens is 331 g/mol. The van der Waals surface area contributed by atoms with Crippen LogP contribution in [-0.2, 0) is 26.3 Å². The van der Waals surface area contributed by atoms with Gasteiger partial charge in [0.05, 0.1) is 13.1 Å². The van der Waals surface area contributed by atoms with E-state index in [9.17, 15) is 13.2 Å².